The van der Waals surface area contributed by atoms with Crippen molar-refractivity contribution in [2.24, 2.45) is 5.73 Å². The van der Waals surface area contributed by atoms with Gasteiger partial charge >= 0.3 is 0 Å². The third-order valence-electron chi connectivity index (χ3n) is 2.44. The highest BCUT2D eigenvalue weighted by atomic mass is 15.0. The van der Waals surface area contributed by atoms with Crippen LogP contribution in [0.2, 0.25) is 0 Å². The first-order chi connectivity index (χ1) is 6.79. The van der Waals surface area contributed by atoms with Crippen molar-refractivity contribution in [1.29, 1.82) is 5.26 Å². The molecule has 14 heavy (non-hydrogen) atoms. The number of nitriles is 1. The summed E-state index contributed by atoms with van der Waals surface area (Å²) in [7, 11) is 0. The van der Waals surface area contributed by atoms with Crippen LogP contribution in [0.3, 0.4) is 0 Å². The van der Waals surface area contributed by atoms with Gasteiger partial charge in [-0.1, -0.05) is 0 Å². The predicted molar refractivity (Wildman–Crippen MR) is 53.6 cm³/mol. The second kappa shape index (κ2) is 3.64. The van der Waals surface area contributed by atoms with Gasteiger partial charge in [0.2, 0.25) is 0 Å². The Hall–Kier alpha value is -1.60. The number of nitrogens with two attached hydrogens (primary N) is 1. The van der Waals surface area contributed by atoms with Gasteiger partial charge in [-0.25, -0.2) is 4.98 Å². The van der Waals surface area contributed by atoms with Crippen LogP contribution in [0.15, 0.2) is 18.3 Å². The molecular formula is C10H12N4. The maximum Gasteiger partial charge on any atom is 0.144 e. The molecule has 3 N–H and O–H groups in total. The number of rotatable bonds is 2. The van der Waals surface area contributed by atoms with Crippen LogP contribution in [0.5, 0.6) is 0 Å². The Morgan fingerprint density at radius 3 is 3.00 bits per heavy atom. The van der Waals surface area contributed by atoms with E-state index in [1.807, 2.05) is 0 Å². The second-order valence-corrected chi connectivity index (χ2v) is 3.58. The largest absolute Gasteiger partial charge is 0.366 e. The van der Waals surface area contributed by atoms with E-state index in [1.165, 1.54) is 0 Å². The summed E-state index contributed by atoms with van der Waals surface area (Å²) in [6.45, 7) is 0. The predicted octanol–water partition coefficient (Wildman–Crippen LogP) is 0.855. The van der Waals surface area contributed by atoms with Gasteiger partial charge in [-0.3, -0.25) is 0 Å². The van der Waals surface area contributed by atoms with Gasteiger partial charge in [-0.15, -0.1) is 0 Å². The quantitative estimate of drug-likeness (QED) is 0.721. The molecule has 72 valence electrons. The lowest BCUT2D eigenvalue weighted by Crippen LogP contribution is -2.44. The zero-order chi connectivity index (χ0) is 9.97. The molecule has 0 aliphatic heterocycles. The summed E-state index contributed by atoms with van der Waals surface area (Å²) in [5.41, 5.74) is 6.26. The third-order valence-corrected chi connectivity index (χ3v) is 2.44. The summed E-state index contributed by atoms with van der Waals surface area (Å²) in [6, 6.07) is 6.31. The molecule has 1 saturated carbocycles. The lowest BCUT2D eigenvalue weighted by atomic mass is 9.87. The van der Waals surface area contributed by atoms with Crippen molar-refractivity contribution in [3.8, 4) is 6.07 Å². The van der Waals surface area contributed by atoms with Gasteiger partial charge in [0.1, 0.15) is 11.9 Å². The Kier molecular flexibility index (Phi) is 2.33. The fourth-order valence-corrected chi connectivity index (χ4v) is 1.58. The van der Waals surface area contributed by atoms with Crippen molar-refractivity contribution >= 4 is 5.82 Å². The smallest absolute Gasteiger partial charge is 0.144 e. The highest BCUT2D eigenvalue weighted by molar-refractivity contribution is 5.52. The van der Waals surface area contributed by atoms with Gasteiger partial charge in [-0.2, -0.15) is 5.26 Å². The van der Waals surface area contributed by atoms with Crippen LogP contribution >= 0.6 is 0 Å². The number of nitrogens with one attached hydrogen (secondary N) is 1. The minimum atomic E-state index is 0.307. The fraction of sp³-hybridized carbons (Fsp3) is 0.400. The molecule has 0 unspecified atom stereocenters. The Balaban J connectivity index is 2.06. The monoisotopic (exact) mass is 188 g/mol. The molecule has 1 aliphatic rings. The molecule has 0 saturated heterocycles. The first-order valence-corrected chi connectivity index (χ1v) is 4.67. The van der Waals surface area contributed by atoms with E-state index in [1.54, 1.807) is 18.3 Å². The molecule has 4 nitrogen and oxygen atoms in total. The number of hydrogen-bond donors (Lipinski definition) is 2. The zero-order valence-electron chi connectivity index (χ0n) is 7.77. The third kappa shape index (κ3) is 1.68. The van der Waals surface area contributed by atoms with E-state index in [0.717, 1.165) is 12.8 Å². The van der Waals surface area contributed by atoms with Crippen LogP contribution in [-0.4, -0.2) is 17.1 Å². The van der Waals surface area contributed by atoms with E-state index in [2.05, 4.69) is 16.4 Å². The molecule has 1 fully saturated rings. The van der Waals surface area contributed by atoms with Gasteiger partial charge in [0.15, 0.2) is 0 Å². The minimum absolute atomic E-state index is 0.307. The molecule has 2 rings (SSSR count). The molecule has 0 amide bonds. The standard InChI is InChI=1S/C10H12N4/c11-6-7-2-1-3-13-10(7)14-9-4-8(12)5-9/h1-3,8-9H,4-5,12H2,(H,13,14). The first-order valence-electron chi connectivity index (χ1n) is 4.67. The van der Waals surface area contributed by atoms with Crippen LogP contribution < -0.4 is 11.1 Å². The summed E-state index contributed by atoms with van der Waals surface area (Å²) in [6.07, 6.45) is 3.60. The average Bonchev–Trinajstić information content (AvgIpc) is 2.16. The first kappa shape index (κ1) is 8.97. The Labute approximate surface area is 82.8 Å². The van der Waals surface area contributed by atoms with Crippen molar-refractivity contribution in [2.75, 3.05) is 5.32 Å². The van der Waals surface area contributed by atoms with Crippen molar-refractivity contribution in [3.05, 3.63) is 23.9 Å². The van der Waals surface area contributed by atoms with E-state index in [0.29, 0.717) is 23.5 Å². The summed E-state index contributed by atoms with van der Waals surface area (Å²) in [4.78, 5) is 4.12. The van der Waals surface area contributed by atoms with E-state index in [-0.39, 0.29) is 0 Å². The highest BCUT2D eigenvalue weighted by Crippen LogP contribution is 2.22. The van der Waals surface area contributed by atoms with Crippen molar-refractivity contribution < 1.29 is 0 Å². The van der Waals surface area contributed by atoms with Crippen LogP contribution in [0.4, 0.5) is 5.82 Å². The maximum atomic E-state index is 8.82. The van der Waals surface area contributed by atoms with Crippen LogP contribution in [0, 0.1) is 11.3 Å². The molecule has 1 aromatic rings. The Morgan fingerprint density at radius 1 is 1.57 bits per heavy atom. The SMILES string of the molecule is N#Cc1cccnc1NC1CC(N)C1. The number of pyridine rings is 1. The van der Waals surface area contributed by atoms with Crippen LogP contribution in [0.25, 0.3) is 0 Å². The zero-order valence-corrected chi connectivity index (χ0v) is 7.77. The van der Waals surface area contributed by atoms with E-state index in [9.17, 15) is 0 Å². The lowest BCUT2D eigenvalue weighted by Gasteiger charge is -2.33. The van der Waals surface area contributed by atoms with Gasteiger partial charge in [0.05, 0.1) is 5.56 Å². The minimum Gasteiger partial charge on any atom is -0.366 e. The topological polar surface area (TPSA) is 74.7 Å². The summed E-state index contributed by atoms with van der Waals surface area (Å²) >= 11 is 0. The van der Waals surface area contributed by atoms with E-state index < -0.39 is 0 Å². The maximum absolute atomic E-state index is 8.82. The molecule has 1 aliphatic carbocycles. The molecular weight excluding hydrogens is 176 g/mol. The number of hydrogen-bond acceptors (Lipinski definition) is 4. The Morgan fingerprint density at radius 2 is 2.36 bits per heavy atom. The highest BCUT2D eigenvalue weighted by Gasteiger charge is 2.26. The molecule has 4 heteroatoms. The van der Waals surface area contributed by atoms with Crippen LogP contribution in [0.1, 0.15) is 18.4 Å². The number of aromatic nitrogens is 1. The summed E-state index contributed by atoms with van der Waals surface area (Å²) < 4.78 is 0. The summed E-state index contributed by atoms with van der Waals surface area (Å²) in [5, 5.41) is 12.0. The number of nitrogens with zero attached hydrogens (tertiary/aromatic N) is 2. The molecule has 0 atom stereocenters. The molecule has 0 radical (unpaired) electrons. The van der Waals surface area contributed by atoms with Crippen LogP contribution in [-0.2, 0) is 0 Å². The number of anilines is 1. The van der Waals surface area contributed by atoms with Crippen molar-refractivity contribution in [3.63, 3.8) is 0 Å². The molecule has 0 spiro atoms. The fourth-order valence-electron chi connectivity index (χ4n) is 1.58. The van der Waals surface area contributed by atoms with Gasteiger partial charge in [0, 0.05) is 18.3 Å². The van der Waals surface area contributed by atoms with Crippen molar-refractivity contribution in [2.45, 2.75) is 24.9 Å². The van der Waals surface area contributed by atoms with E-state index >= 15 is 0 Å². The van der Waals surface area contributed by atoms with Gasteiger partial charge in [0.25, 0.3) is 0 Å². The molecule has 0 aromatic carbocycles. The molecule has 1 heterocycles. The van der Waals surface area contributed by atoms with E-state index in [4.69, 9.17) is 11.0 Å². The molecule has 1 aromatic heterocycles. The van der Waals surface area contributed by atoms with Gasteiger partial charge in [-0.05, 0) is 25.0 Å². The molecule has 0 bridgehead atoms. The summed E-state index contributed by atoms with van der Waals surface area (Å²) in [5.74, 6) is 0.673. The Bertz CT molecular complexity index is 363. The lowest BCUT2D eigenvalue weighted by molar-refractivity contribution is 0.373. The van der Waals surface area contributed by atoms with Gasteiger partial charge < -0.3 is 11.1 Å². The average molecular weight is 188 g/mol. The van der Waals surface area contributed by atoms with Crippen molar-refractivity contribution in [1.82, 2.24) is 4.98 Å². The second-order valence-electron chi connectivity index (χ2n) is 3.58. The normalized spacial score (nSPS) is 24.9.